The van der Waals surface area contributed by atoms with Gasteiger partial charge in [-0.05, 0) is 0 Å². The van der Waals surface area contributed by atoms with Crippen LogP contribution in [0.4, 0.5) is 5.69 Å². The summed E-state index contributed by atoms with van der Waals surface area (Å²) in [6.45, 7) is -0.0266. The van der Waals surface area contributed by atoms with E-state index < -0.39 is 6.10 Å². The Morgan fingerprint density at radius 2 is 2.17 bits per heavy atom. The van der Waals surface area contributed by atoms with E-state index >= 15 is 0 Å². The van der Waals surface area contributed by atoms with Crippen molar-refractivity contribution in [2.75, 3.05) is 25.1 Å². The van der Waals surface area contributed by atoms with E-state index in [2.05, 4.69) is 15.0 Å². The number of hydrogen-bond acceptors (Lipinski definition) is 6. The molecule has 1 unspecified atom stereocenters. The number of rotatable bonds is 4. The smallest absolute Gasteiger partial charge is 0.239 e. The molecule has 1 atom stereocenters. The molecule has 8 heteroatoms. The van der Waals surface area contributed by atoms with Crippen molar-refractivity contribution >= 4 is 29.1 Å². The third-order valence-corrected chi connectivity index (χ3v) is 2.53. The molecule has 0 bridgehead atoms. The normalized spacial score (nSPS) is 12.2. The molecule has 2 aromatic rings. The van der Waals surface area contributed by atoms with Crippen molar-refractivity contribution in [1.82, 2.24) is 15.0 Å². The summed E-state index contributed by atoms with van der Waals surface area (Å²) >= 11 is 0. The van der Waals surface area contributed by atoms with Gasteiger partial charge in [-0.2, -0.15) is 0 Å². The molecule has 0 fully saturated rings. The van der Waals surface area contributed by atoms with Crippen LogP contribution in [-0.2, 0) is 0 Å². The Morgan fingerprint density at radius 1 is 1.44 bits per heavy atom. The first-order valence-corrected chi connectivity index (χ1v) is 5.14. The lowest BCUT2D eigenvalue weighted by atomic mass is 10.3. The molecule has 0 saturated carbocycles. The van der Waals surface area contributed by atoms with Gasteiger partial charge in [0.1, 0.15) is 17.4 Å². The number of aromatic hydroxyl groups is 1. The summed E-state index contributed by atoms with van der Waals surface area (Å²) < 4.78 is 0. The van der Waals surface area contributed by atoms with Crippen LogP contribution in [0.1, 0.15) is 0 Å². The minimum Gasteiger partial charge on any atom is -0.492 e. The van der Waals surface area contributed by atoms with Crippen molar-refractivity contribution in [3.63, 3.8) is 0 Å². The number of aliphatic hydroxyl groups is 2. The molecular weight excluding hydrogens is 260 g/mol. The van der Waals surface area contributed by atoms with Crippen molar-refractivity contribution in [2.24, 2.45) is 0 Å². The molecular formula is C10H15ClN4O3. The van der Waals surface area contributed by atoms with Crippen LogP contribution in [0.15, 0.2) is 12.5 Å². The van der Waals surface area contributed by atoms with Gasteiger partial charge in [-0.1, -0.05) is 0 Å². The number of H-pyrrole nitrogens is 1. The molecule has 0 saturated heterocycles. The zero-order valence-electron chi connectivity index (χ0n) is 9.74. The van der Waals surface area contributed by atoms with Gasteiger partial charge in [-0.25, -0.2) is 9.97 Å². The molecule has 0 spiro atoms. The number of likely N-dealkylation sites (N-methyl/N-ethyl adjacent to an activating group) is 1. The summed E-state index contributed by atoms with van der Waals surface area (Å²) in [5, 5.41) is 27.7. The molecule has 100 valence electrons. The molecule has 2 rings (SSSR count). The van der Waals surface area contributed by atoms with E-state index in [-0.39, 0.29) is 31.4 Å². The van der Waals surface area contributed by atoms with E-state index in [1.807, 2.05) is 0 Å². The summed E-state index contributed by atoms with van der Waals surface area (Å²) in [6.07, 6.45) is 2.12. The summed E-state index contributed by atoms with van der Waals surface area (Å²) in [6, 6.07) is 0. The Bertz CT molecular complexity index is 519. The number of fused-ring (bicyclic) bond motifs is 1. The van der Waals surface area contributed by atoms with Crippen LogP contribution >= 0.6 is 12.4 Å². The number of aliphatic hydroxyl groups excluding tert-OH is 2. The van der Waals surface area contributed by atoms with Crippen LogP contribution in [0.2, 0.25) is 0 Å². The highest BCUT2D eigenvalue weighted by Crippen LogP contribution is 2.27. The van der Waals surface area contributed by atoms with Crippen molar-refractivity contribution in [3.8, 4) is 5.88 Å². The molecule has 4 N–H and O–H groups in total. The number of nitrogens with zero attached hydrogens (tertiary/aromatic N) is 3. The minimum absolute atomic E-state index is 0. The molecule has 0 radical (unpaired) electrons. The second kappa shape index (κ2) is 5.85. The SMILES string of the molecule is CN(CC(O)CO)c1c[nH]c2c(O)ncnc12.Cl. The highest BCUT2D eigenvalue weighted by atomic mass is 35.5. The van der Waals surface area contributed by atoms with Crippen LogP contribution < -0.4 is 4.90 Å². The van der Waals surface area contributed by atoms with Crippen molar-refractivity contribution < 1.29 is 15.3 Å². The highest BCUT2D eigenvalue weighted by Gasteiger charge is 2.14. The molecule has 0 aromatic carbocycles. The van der Waals surface area contributed by atoms with Gasteiger partial charge in [0.15, 0.2) is 0 Å². The predicted molar refractivity (Wildman–Crippen MR) is 69.2 cm³/mol. The molecule has 2 aromatic heterocycles. The van der Waals surface area contributed by atoms with Gasteiger partial charge in [-0.15, -0.1) is 12.4 Å². The summed E-state index contributed by atoms with van der Waals surface area (Å²) in [5.41, 5.74) is 1.75. The zero-order chi connectivity index (χ0) is 12.4. The maximum atomic E-state index is 9.50. The van der Waals surface area contributed by atoms with Gasteiger partial charge in [0.05, 0.1) is 18.4 Å². The molecule has 18 heavy (non-hydrogen) atoms. The van der Waals surface area contributed by atoms with E-state index in [9.17, 15) is 10.2 Å². The fourth-order valence-electron chi connectivity index (χ4n) is 1.68. The summed E-state index contributed by atoms with van der Waals surface area (Å²) in [7, 11) is 1.76. The van der Waals surface area contributed by atoms with Crippen LogP contribution in [-0.4, -0.2) is 56.6 Å². The number of aromatic amines is 1. The molecule has 0 aliphatic rings. The van der Waals surface area contributed by atoms with E-state index in [1.54, 1.807) is 18.1 Å². The van der Waals surface area contributed by atoms with E-state index in [1.165, 1.54) is 6.33 Å². The topological polar surface area (TPSA) is 106 Å². The van der Waals surface area contributed by atoms with Crippen molar-refractivity contribution in [1.29, 1.82) is 0 Å². The van der Waals surface area contributed by atoms with Crippen molar-refractivity contribution in [2.45, 2.75) is 6.10 Å². The maximum Gasteiger partial charge on any atom is 0.239 e. The fourth-order valence-corrected chi connectivity index (χ4v) is 1.68. The number of nitrogens with one attached hydrogen (secondary N) is 1. The Hall–Kier alpha value is -1.57. The third kappa shape index (κ3) is 2.63. The lowest BCUT2D eigenvalue weighted by Crippen LogP contribution is -2.31. The number of halogens is 1. The number of aromatic nitrogens is 3. The van der Waals surface area contributed by atoms with Gasteiger partial charge in [0.2, 0.25) is 5.88 Å². The van der Waals surface area contributed by atoms with Crippen LogP contribution in [0.25, 0.3) is 11.0 Å². The second-order valence-electron chi connectivity index (χ2n) is 3.81. The fraction of sp³-hybridized carbons (Fsp3) is 0.400. The first-order valence-electron chi connectivity index (χ1n) is 5.14. The second-order valence-corrected chi connectivity index (χ2v) is 3.81. The number of hydrogen-bond donors (Lipinski definition) is 4. The molecule has 0 aliphatic heterocycles. The van der Waals surface area contributed by atoms with Gasteiger partial charge >= 0.3 is 0 Å². The maximum absolute atomic E-state index is 9.50. The Labute approximate surface area is 110 Å². The molecule has 0 amide bonds. The number of anilines is 1. The van der Waals surface area contributed by atoms with Gasteiger partial charge in [0, 0.05) is 19.8 Å². The predicted octanol–water partition coefficient (Wildman–Crippen LogP) is -0.125. The Morgan fingerprint density at radius 3 is 2.83 bits per heavy atom. The summed E-state index contributed by atoms with van der Waals surface area (Å²) in [5.74, 6) is -0.114. The highest BCUT2D eigenvalue weighted by molar-refractivity contribution is 5.91. The average Bonchev–Trinajstić information content (AvgIpc) is 2.74. The first-order chi connectivity index (χ1) is 8.13. The first kappa shape index (κ1) is 14.5. The van der Waals surface area contributed by atoms with E-state index in [0.29, 0.717) is 11.0 Å². The van der Waals surface area contributed by atoms with Gasteiger partial charge < -0.3 is 25.2 Å². The van der Waals surface area contributed by atoms with Crippen LogP contribution in [0, 0.1) is 0 Å². The Kier molecular flexibility index (Phi) is 4.71. The largest absolute Gasteiger partial charge is 0.492 e. The standard InChI is InChI=1S/C10H14N4O3.ClH/c1-14(3-6(16)4-15)7-2-11-9-8(7)12-5-13-10(9)17;/h2,5-6,11,15-16H,3-4H2,1H3,(H,12,13,17);1H. The molecule has 7 nitrogen and oxygen atoms in total. The van der Waals surface area contributed by atoms with Crippen LogP contribution in [0.3, 0.4) is 0 Å². The quantitative estimate of drug-likeness (QED) is 0.619. The average molecular weight is 275 g/mol. The third-order valence-electron chi connectivity index (χ3n) is 2.53. The minimum atomic E-state index is -0.819. The van der Waals surface area contributed by atoms with Gasteiger partial charge in [-0.3, -0.25) is 0 Å². The summed E-state index contributed by atoms with van der Waals surface area (Å²) in [4.78, 5) is 12.3. The lowest BCUT2D eigenvalue weighted by Gasteiger charge is -2.20. The van der Waals surface area contributed by atoms with E-state index in [0.717, 1.165) is 5.69 Å². The zero-order valence-corrected chi connectivity index (χ0v) is 10.6. The monoisotopic (exact) mass is 274 g/mol. The van der Waals surface area contributed by atoms with E-state index in [4.69, 9.17) is 5.11 Å². The lowest BCUT2D eigenvalue weighted by molar-refractivity contribution is 0.101. The van der Waals surface area contributed by atoms with Crippen molar-refractivity contribution in [3.05, 3.63) is 12.5 Å². The molecule has 0 aliphatic carbocycles. The molecule has 2 heterocycles. The van der Waals surface area contributed by atoms with Crippen LogP contribution in [0.5, 0.6) is 5.88 Å². The Balaban J connectivity index is 0.00000162. The van der Waals surface area contributed by atoms with Gasteiger partial charge in [0.25, 0.3) is 0 Å².